The van der Waals surface area contributed by atoms with Gasteiger partial charge in [-0.2, -0.15) is 0 Å². The second-order valence-electron chi connectivity index (χ2n) is 4.16. The molecular weight excluding hydrogens is 260 g/mol. The lowest BCUT2D eigenvalue weighted by molar-refractivity contribution is -0.386. The Balaban J connectivity index is 2.20. The van der Waals surface area contributed by atoms with E-state index in [0.29, 0.717) is 11.4 Å². The number of pyridine rings is 1. The Bertz CT molecular complexity index is 631. The molecule has 0 aliphatic rings. The van der Waals surface area contributed by atoms with Crippen molar-refractivity contribution in [1.29, 1.82) is 0 Å². The van der Waals surface area contributed by atoms with Crippen molar-refractivity contribution in [2.75, 3.05) is 5.43 Å². The number of ether oxygens (including phenoxy) is 1. The third kappa shape index (κ3) is 3.01. The highest BCUT2D eigenvalue weighted by atomic mass is 16.6. The number of rotatable bonds is 5. The maximum Gasteiger partial charge on any atom is 0.311 e. The minimum absolute atomic E-state index is 0.0452. The molecule has 0 fully saturated rings. The average Bonchev–Trinajstić information content (AvgIpc) is 2.45. The van der Waals surface area contributed by atoms with Gasteiger partial charge in [0.2, 0.25) is 0 Å². The minimum Gasteiger partial charge on any atom is -0.482 e. The summed E-state index contributed by atoms with van der Waals surface area (Å²) in [6.45, 7) is 1.96. The van der Waals surface area contributed by atoms with Gasteiger partial charge in [-0.1, -0.05) is 12.1 Å². The van der Waals surface area contributed by atoms with E-state index in [9.17, 15) is 10.1 Å². The molecule has 0 aliphatic carbocycles. The third-order valence-electron chi connectivity index (χ3n) is 2.74. The molecule has 0 saturated heterocycles. The molecule has 1 heterocycles. The normalized spacial score (nSPS) is 10.1. The van der Waals surface area contributed by atoms with Crippen molar-refractivity contribution >= 4 is 11.5 Å². The number of benzene rings is 1. The highest BCUT2D eigenvalue weighted by Gasteiger charge is 2.16. The number of hydrogen-bond donors (Lipinski definition) is 2. The van der Waals surface area contributed by atoms with Crippen LogP contribution in [0.25, 0.3) is 0 Å². The summed E-state index contributed by atoms with van der Waals surface area (Å²) in [4.78, 5) is 14.5. The first kappa shape index (κ1) is 13.8. The summed E-state index contributed by atoms with van der Waals surface area (Å²) in [5.74, 6) is 6.05. The Labute approximate surface area is 115 Å². The molecule has 104 valence electrons. The summed E-state index contributed by atoms with van der Waals surface area (Å²) in [5.41, 5.74) is 3.91. The molecule has 0 radical (unpaired) electrons. The van der Waals surface area contributed by atoms with Gasteiger partial charge in [0.1, 0.15) is 12.4 Å². The van der Waals surface area contributed by atoms with E-state index in [2.05, 4.69) is 10.4 Å². The van der Waals surface area contributed by atoms with Crippen LogP contribution in [0.15, 0.2) is 36.5 Å². The number of anilines is 1. The van der Waals surface area contributed by atoms with Crippen LogP contribution in [0.4, 0.5) is 11.5 Å². The highest BCUT2D eigenvalue weighted by Crippen LogP contribution is 2.30. The van der Waals surface area contributed by atoms with Crippen LogP contribution in [0.5, 0.6) is 5.75 Å². The third-order valence-corrected chi connectivity index (χ3v) is 2.74. The Morgan fingerprint density at radius 1 is 1.45 bits per heavy atom. The molecule has 0 aliphatic heterocycles. The number of nitrogen functional groups attached to an aromatic ring is 1. The fourth-order valence-corrected chi connectivity index (χ4v) is 1.77. The number of aromatic nitrogens is 1. The van der Waals surface area contributed by atoms with Gasteiger partial charge < -0.3 is 10.2 Å². The van der Waals surface area contributed by atoms with Gasteiger partial charge in [-0.25, -0.2) is 10.8 Å². The van der Waals surface area contributed by atoms with Crippen LogP contribution in [0, 0.1) is 17.0 Å². The molecule has 0 atom stereocenters. The molecule has 0 unspecified atom stereocenters. The summed E-state index contributed by atoms with van der Waals surface area (Å²) >= 11 is 0. The molecule has 20 heavy (non-hydrogen) atoms. The van der Waals surface area contributed by atoms with Gasteiger partial charge in [0.25, 0.3) is 0 Å². The van der Waals surface area contributed by atoms with Crippen molar-refractivity contribution < 1.29 is 9.66 Å². The van der Waals surface area contributed by atoms with Crippen LogP contribution >= 0.6 is 0 Å². The molecule has 0 spiro atoms. The summed E-state index contributed by atoms with van der Waals surface area (Å²) < 4.78 is 5.58. The molecule has 7 heteroatoms. The number of para-hydroxylation sites is 1. The summed E-state index contributed by atoms with van der Waals surface area (Å²) in [6.07, 6.45) is 1.58. The van der Waals surface area contributed by atoms with Crippen LogP contribution in [-0.4, -0.2) is 9.91 Å². The number of nitro benzene ring substituents is 1. The smallest absolute Gasteiger partial charge is 0.311 e. The van der Waals surface area contributed by atoms with Crippen molar-refractivity contribution in [2.45, 2.75) is 13.5 Å². The van der Waals surface area contributed by atoms with E-state index in [0.717, 1.165) is 5.56 Å². The molecular formula is C13H14N4O3. The van der Waals surface area contributed by atoms with Crippen LogP contribution < -0.4 is 16.0 Å². The predicted octanol–water partition coefficient (Wildman–Crippen LogP) is 2.16. The monoisotopic (exact) mass is 274 g/mol. The van der Waals surface area contributed by atoms with Crippen LogP contribution in [0.1, 0.15) is 11.1 Å². The van der Waals surface area contributed by atoms with Gasteiger partial charge in [-0.05, 0) is 30.2 Å². The zero-order valence-corrected chi connectivity index (χ0v) is 10.9. The molecule has 7 nitrogen and oxygen atoms in total. The number of hydrazine groups is 1. The summed E-state index contributed by atoms with van der Waals surface area (Å²) in [7, 11) is 0. The van der Waals surface area contributed by atoms with Gasteiger partial charge in [0, 0.05) is 12.3 Å². The van der Waals surface area contributed by atoms with Gasteiger partial charge in [0.05, 0.1) is 4.92 Å². The maximum atomic E-state index is 11.0. The molecule has 1 aromatic heterocycles. The van der Waals surface area contributed by atoms with Crippen LogP contribution in [-0.2, 0) is 6.61 Å². The van der Waals surface area contributed by atoms with Gasteiger partial charge in [0.15, 0.2) is 5.75 Å². The molecule has 2 rings (SSSR count). The predicted molar refractivity (Wildman–Crippen MR) is 74.2 cm³/mol. The first-order valence-electron chi connectivity index (χ1n) is 5.90. The van der Waals surface area contributed by atoms with E-state index in [1.165, 1.54) is 6.07 Å². The number of nitrogens with two attached hydrogens (primary N) is 1. The second-order valence-corrected chi connectivity index (χ2v) is 4.16. The van der Waals surface area contributed by atoms with Crippen molar-refractivity contribution in [3.63, 3.8) is 0 Å². The Morgan fingerprint density at radius 2 is 2.25 bits per heavy atom. The zero-order valence-electron chi connectivity index (χ0n) is 10.9. The van der Waals surface area contributed by atoms with Crippen LogP contribution in [0.2, 0.25) is 0 Å². The lowest BCUT2D eigenvalue weighted by atomic mass is 10.2. The van der Waals surface area contributed by atoms with Crippen molar-refractivity contribution in [1.82, 2.24) is 4.98 Å². The summed E-state index contributed by atoms with van der Waals surface area (Å²) in [6, 6.07) is 8.28. The molecule has 2 aromatic rings. The van der Waals surface area contributed by atoms with Gasteiger partial charge in [-0.3, -0.25) is 10.1 Å². The molecule has 1 aromatic carbocycles. The Hall–Kier alpha value is -2.67. The van der Waals surface area contributed by atoms with E-state index in [1.54, 1.807) is 37.4 Å². The number of nitrogens with zero attached hydrogens (tertiary/aromatic N) is 2. The number of nitro groups is 1. The average molecular weight is 274 g/mol. The lowest BCUT2D eigenvalue weighted by Crippen LogP contribution is -2.09. The van der Waals surface area contributed by atoms with E-state index >= 15 is 0 Å². The number of aryl methyl sites for hydroxylation is 1. The van der Waals surface area contributed by atoms with E-state index in [4.69, 9.17) is 10.6 Å². The van der Waals surface area contributed by atoms with Crippen molar-refractivity contribution in [2.24, 2.45) is 5.84 Å². The van der Waals surface area contributed by atoms with Crippen molar-refractivity contribution in [3.05, 3.63) is 57.8 Å². The fourth-order valence-electron chi connectivity index (χ4n) is 1.77. The standard InChI is InChI=1S/C13H14N4O3/c1-9-3-2-4-11(17(18)19)13(9)20-8-10-5-6-15-12(7-10)16-14/h2-7H,8,14H2,1H3,(H,15,16). The van der Waals surface area contributed by atoms with Crippen molar-refractivity contribution in [3.8, 4) is 5.75 Å². The molecule has 0 amide bonds. The summed E-state index contributed by atoms with van der Waals surface area (Å²) in [5, 5.41) is 11.0. The number of hydrogen-bond acceptors (Lipinski definition) is 6. The first-order chi connectivity index (χ1) is 9.61. The van der Waals surface area contributed by atoms with Crippen LogP contribution in [0.3, 0.4) is 0 Å². The molecule has 0 saturated carbocycles. The number of nitrogens with one attached hydrogen (secondary N) is 1. The minimum atomic E-state index is -0.457. The van der Waals surface area contributed by atoms with E-state index in [1.807, 2.05) is 0 Å². The van der Waals surface area contributed by atoms with E-state index < -0.39 is 4.92 Å². The maximum absolute atomic E-state index is 11.0. The van der Waals surface area contributed by atoms with E-state index in [-0.39, 0.29) is 18.0 Å². The largest absolute Gasteiger partial charge is 0.482 e. The Kier molecular flexibility index (Phi) is 4.11. The first-order valence-corrected chi connectivity index (χ1v) is 5.90. The fraction of sp³-hybridized carbons (Fsp3) is 0.154. The Morgan fingerprint density at radius 3 is 2.95 bits per heavy atom. The topological polar surface area (TPSA) is 103 Å². The SMILES string of the molecule is Cc1cccc([N+](=O)[O-])c1OCc1ccnc(NN)c1. The lowest BCUT2D eigenvalue weighted by Gasteiger charge is -2.10. The zero-order chi connectivity index (χ0) is 14.5. The molecule has 3 N–H and O–H groups in total. The quantitative estimate of drug-likeness (QED) is 0.492. The van der Waals surface area contributed by atoms with Gasteiger partial charge >= 0.3 is 5.69 Å². The highest BCUT2D eigenvalue weighted by molar-refractivity contribution is 5.51. The van der Waals surface area contributed by atoms with Gasteiger partial charge in [-0.15, -0.1) is 0 Å². The molecule has 0 bridgehead atoms. The second kappa shape index (κ2) is 5.98.